The summed E-state index contributed by atoms with van der Waals surface area (Å²) in [6.07, 6.45) is 1.59. The molecule has 0 bridgehead atoms. The summed E-state index contributed by atoms with van der Waals surface area (Å²) >= 11 is 0. The summed E-state index contributed by atoms with van der Waals surface area (Å²) < 4.78 is 13.2. The fourth-order valence-electron chi connectivity index (χ4n) is 2.25. The van der Waals surface area contributed by atoms with Crippen LogP contribution in [0, 0.1) is 5.82 Å². The van der Waals surface area contributed by atoms with Crippen LogP contribution in [0.1, 0.15) is 19.4 Å². The van der Waals surface area contributed by atoms with Gasteiger partial charge in [-0.25, -0.2) is 4.39 Å². The van der Waals surface area contributed by atoms with Crippen LogP contribution in [0.25, 0.3) is 5.57 Å². The Morgan fingerprint density at radius 3 is 3.00 bits per heavy atom. The number of carbonyl (C=O) groups excluding carboxylic acids is 1. The number of hydrogen-bond donors (Lipinski definition) is 1. The summed E-state index contributed by atoms with van der Waals surface area (Å²) in [7, 11) is 0. The van der Waals surface area contributed by atoms with Gasteiger partial charge in [-0.2, -0.15) is 0 Å². The fraction of sp³-hybridized carbons (Fsp3) is 0.400. The maximum Gasteiger partial charge on any atom is 0.247 e. The van der Waals surface area contributed by atoms with E-state index in [0.717, 1.165) is 24.2 Å². The van der Waals surface area contributed by atoms with Gasteiger partial charge in [-0.05, 0) is 37.1 Å². The van der Waals surface area contributed by atoms with Crippen LogP contribution >= 0.6 is 0 Å². The zero-order valence-electron chi connectivity index (χ0n) is 11.3. The smallest absolute Gasteiger partial charge is 0.247 e. The monoisotopic (exact) mass is 262 g/mol. The molecule has 0 radical (unpaired) electrons. The first-order chi connectivity index (χ1) is 9.08. The first-order valence-electron chi connectivity index (χ1n) is 6.53. The molecule has 0 spiro atoms. The van der Waals surface area contributed by atoms with Crippen LogP contribution < -0.4 is 5.32 Å². The van der Waals surface area contributed by atoms with Crippen LogP contribution in [0.4, 0.5) is 4.39 Å². The van der Waals surface area contributed by atoms with Crippen molar-refractivity contribution < 1.29 is 9.18 Å². The molecule has 1 heterocycles. The van der Waals surface area contributed by atoms with Crippen molar-refractivity contribution in [3.8, 4) is 0 Å². The minimum absolute atomic E-state index is 0.00392. The summed E-state index contributed by atoms with van der Waals surface area (Å²) in [6.45, 7) is 6.21. The standard InChI is InChI=1S/C15H19FN2O/c1-11(13-4-3-5-14(16)9-13)8-15(19)18-7-6-17-10-12(18)2/h3-5,8-9,12,17H,6-7,10H2,1-2H3/b11-8-. The van der Waals surface area contributed by atoms with Crippen LogP contribution in [0.15, 0.2) is 30.3 Å². The lowest BCUT2D eigenvalue weighted by atomic mass is 10.1. The molecule has 1 amide bonds. The average molecular weight is 262 g/mol. The van der Waals surface area contributed by atoms with Crippen LogP contribution in [0.5, 0.6) is 0 Å². The van der Waals surface area contributed by atoms with Crippen molar-refractivity contribution in [3.05, 3.63) is 41.7 Å². The predicted octanol–water partition coefficient (Wildman–Crippen LogP) is 2.05. The lowest BCUT2D eigenvalue weighted by molar-refractivity contribution is -0.128. The fourth-order valence-corrected chi connectivity index (χ4v) is 2.25. The first-order valence-corrected chi connectivity index (χ1v) is 6.53. The summed E-state index contributed by atoms with van der Waals surface area (Å²) in [4.78, 5) is 14.1. The number of carbonyl (C=O) groups is 1. The molecule has 1 atom stereocenters. The van der Waals surface area contributed by atoms with E-state index in [-0.39, 0.29) is 17.8 Å². The molecule has 19 heavy (non-hydrogen) atoms. The van der Waals surface area contributed by atoms with E-state index in [1.54, 1.807) is 12.1 Å². The normalized spacial score (nSPS) is 20.5. The van der Waals surface area contributed by atoms with Crippen molar-refractivity contribution in [1.82, 2.24) is 10.2 Å². The second-order valence-corrected chi connectivity index (χ2v) is 4.92. The van der Waals surface area contributed by atoms with Gasteiger partial charge in [0.25, 0.3) is 0 Å². The van der Waals surface area contributed by atoms with Crippen LogP contribution in [0.2, 0.25) is 0 Å². The molecule has 1 aliphatic heterocycles. The number of nitrogens with one attached hydrogen (secondary N) is 1. The zero-order chi connectivity index (χ0) is 13.8. The lowest BCUT2D eigenvalue weighted by Gasteiger charge is -2.33. The van der Waals surface area contributed by atoms with E-state index in [1.165, 1.54) is 12.1 Å². The molecule has 1 fully saturated rings. The molecule has 4 heteroatoms. The van der Waals surface area contributed by atoms with Crippen LogP contribution in [-0.4, -0.2) is 36.5 Å². The third-order valence-corrected chi connectivity index (χ3v) is 3.40. The summed E-state index contributed by atoms with van der Waals surface area (Å²) in [6, 6.07) is 6.50. The van der Waals surface area contributed by atoms with Crippen molar-refractivity contribution >= 4 is 11.5 Å². The van der Waals surface area contributed by atoms with Crippen molar-refractivity contribution in [2.75, 3.05) is 19.6 Å². The molecule has 0 aliphatic carbocycles. The maximum absolute atomic E-state index is 13.2. The Hall–Kier alpha value is -1.68. The Morgan fingerprint density at radius 1 is 1.53 bits per heavy atom. The quantitative estimate of drug-likeness (QED) is 0.827. The summed E-state index contributed by atoms with van der Waals surface area (Å²) in [5.74, 6) is -0.288. The number of allylic oxidation sites excluding steroid dienone is 1. The highest BCUT2D eigenvalue weighted by atomic mass is 19.1. The van der Waals surface area contributed by atoms with Gasteiger partial charge in [0.2, 0.25) is 5.91 Å². The second-order valence-electron chi connectivity index (χ2n) is 4.92. The Morgan fingerprint density at radius 2 is 2.32 bits per heavy atom. The first kappa shape index (κ1) is 13.7. The van der Waals surface area contributed by atoms with E-state index in [4.69, 9.17) is 0 Å². The molecule has 0 aromatic heterocycles. The SMILES string of the molecule is C/C(=C/C(=O)N1CCNCC1C)c1cccc(F)c1. The second kappa shape index (κ2) is 5.97. The minimum Gasteiger partial charge on any atom is -0.334 e. The number of rotatable bonds is 2. The number of nitrogens with zero attached hydrogens (tertiary/aromatic N) is 1. The van der Waals surface area contributed by atoms with Gasteiger partial charge in [-0.15, -0.1) is 0 Å². The number of halogens is 1. The largest absolute Gasteiger partial charge is 0.334 e. The third kappa shape index (κ3) is 3.41. The number of hydrogen-bond acceptors (Lipinski definition) is 2. The average Bonchev–Trinajstić information content (AvgIpc) is 2.39. The molecular weight excluding hydrogens is 243 g/mol. The number of amides is 1. The summed E-state index contributed by atoms with van der Waals surface area (Å²) in [5.41, 5.74) is 1.53. The molecule has 1 saturated heterocycles. The van der Waals surface area contributed by atoms with Crippen molar-refractivity contribution in [2.45, 2.75) is 19.9 Å². The van der Waals surface area contributed by atoms with E-state index < -0.39 is 0 Å². The van der Waals surface area contributed by atoms with Gasteiger partial charge in [-0.1, -0.05) is 12.1 Å². The van der Waals surface area contributed by atoms with Crippen LogP contribution in [-0.2, 0) is 4.79 Å². The molecule has 0 saturated carbocycles. The molecular formula is C15H19FN2O. The highest BCUT2D eigenvalue weighted by molar-refractivity contribution is 5.95. The van der Waals surface area contributed by atoms with E-state index in [1.807, 2.05) is 24.8 Å². The van der Waals surface area contributed by atoms with Gasteiger partial charge in [0.05, 0.1) is 0 Å². The van der Waals surface area contributed by atoms with Crippen molar-refractivity contribution in [2.24, 2.45) is 0 Å². The van der Waals surface area contributed by atoms with E-state index in [2.05, 4.69) is 5.32 Å². The Bertz CT molecular complexity index is 499. The maximum atomic E-state index is 13.2. The molecule has 102 valence electrons. The Labute approximate surface area is 113 Å². The Balaban J connectivity index is 2.13. The topological polar surface area (TPSA) is 32.3 Å². The van der Waals surface area contributed by atoms with Gasteiger partial charge >= 0.3 is 0 Å². The van der Waals surface area contributed by atoms with E-state index >= 15 is 0 Å². The van der Waals surface area contributed by atoms with Gasteiger partial charge in [0, 0.05) is 31.8 Å². The predicted molar refractivity (Wildman–Crippen MR) is 74.1 cm³/mol. The molecule has 1 N–H and O–H groups in total. The van der Waals surface area contributed by atoms with Crippen molar-refractivity contribution in [3.63, 3.8) is 0 Å². The van der Waals surface area contributed by atoms with E-state index in [0.29, 0.717) is 6.54 Å². The molecule has 3 nitrogen and oxygen atoms in total. The number of piperazine rings is 1. The van der Waals surface area contributed by atoms with Crippen molar-refractivity contribution in [1.29, 1.82) is 0 Å². The molecule has 1 aliphatic rings. The third-order valence-electron chi connectivity index (χ3n) is 3.40. The zero-order valence-corrected chi connectivity index (χ0v) is 11.3. The molecule has 1 aromatic rings. The lowest BCUT2D eigenvalue weighted by Crippen LogP contribution is -2.51. The highest BCUT2D eigenvalue weighted by Gasteiger charge is 2.21. The van der Waals surface area contributed by atoms with Crippen LogP contribution in [0.3, 0.4) is 0 Å². The van der Waals surface area contributed by atoms with Gasteiger partial charge in [0.1, 0.15) is 5.82 Å². The van der Waals surface area contributed by atoms with E-state index in [9.17, 15) is 9.18 Å². The van der Waals surface area contributed by atoms with Gasteiger partial charge in [0.15, 0.2) is 0 Å². The summed E-state index contributed by atoms with van der Waals surface area (Å²) in [5, 5.41) is 3.25. The minimum atomic E-state index is -0.284. The van der Waals surface area contributed by atoms with Gasteiger partial charge in [-0.3, -0.25) is 4.79 Å². The molecule has 1 aromatic carbocycles. The highest BCUT2D eigenvalue weighted by Crippen LogP contribution is 2.16. The molecule has 2 rings (SSSR count). The Kier molecular flexibility index (Phi) is 4.32. The van der Waals surface area contributed by atoms with Gasteiger partial charge < -0.3 is 10.2 Å². The number of benzene rings is 1. The molecule has 1 unspecified atom stereocenters.